The molecule has 1 amide bonds. The number of aromatic hydroxyl groups is 1. The number of hydrogen-bond donors (Lipinski definition) is 2. The summed E-state index contributed by atoms with van der Waals surface area (Å²) in [5.74, 6) is -0.385. The number of ether oxygens (including phenoxy) is 3. The van der Waals surface area contributed by atoms with Crippen LogP contribution in [0.5, 0.6) is 11.5 Å². The average molecular weight is 405 g/mol. The number of hydrogen-bond acceptors (Lipinski definition) is 6. The van der Waals surface area contributed by atoms with Crippen molar-refractivity contribution in [2.75, 3.05) is 26.3 Å². The number of nitrogens with zero attached hydrogens (tertiary/aromatic N) is 1. The van der Waals surface area contributed by atoms with Gasteiger partial charge in [-0.15, -0.1) is 0 Å². The Labute approximate surface area is 169 Å². The number of fused-ring (bicyclic) bond motifs is 4. The maximum atomic E-state index is 12.4. The topological polar surface area (TPSA) is 106 Å². The van der Waals surface area contributed by atoms with E-state index in [1.165, 1.54) is 0 Å². The highest BCUT2D eigenvalue weighted by Gasteiger charge is 2.52. The number of amides is 1. The lowest BCUT2D eigenvalue weighted by Crippen LogP contribution is -2.56. The number of rotatable bonds is 4. The summed E-state index contributed by atoms with van der Waals surface area (Å²) in [6, 6.07) is 5.37. The van der Waals surface area contributed by atoms with Crippen LogP contribution in [0.3, 0.4) is 0 Å². The Morgan fingerprint density at radius 2 is 2.10 bits per heavy atom. The first-order valence-electron chi connectivity index (χ1n) is 10.00. The van der Waals surface area contributed by atoms with Gasteiger partial charge in [0.15, 0.2) is 11.5 Å². The number of likely N-dealkylation sites (tertiary alicyclic amines) is 1. The molecule has 8 heteroatoms. The minimum Gasteiger partial charge on any atom is -0.504 e. The fourth-order valence-electron chi connectivity index (χ4n) is 4.85. The number of phenolic OH excluding ortho intramolecular Hbond substituents is 1. The van der Waals surface area contributed by atoms with Crippen molar-refractivity contribution in [3.05, 3.63) is 23.8 Å². The van der Waals surface area contributed by atoms with Gasteiger partial charge in [-0.25, -0.2) is 4.79 Å². The van der Waals surface area contributed by atoms with E-state index in [4.69, 9.17) is 19.3 Å². The lowest BCUT2D eigenvalue weighted by Gasteiger charge is -2.53. The second kappa shape index (κ2) is 7.50. The normalized spacial score (nSPS) is 29.8. The van der Waals surface area contributed by atoms with Crippen LogP contribution in [0.15, 0.2) is 18.2 Å². The number of aliphatic carboxylic acids is 1. The Morgan fingerprint density at radius 3 is 2.86 bits per heavy atom. The van der Waals surface area contributed by atoms with Gasteiger partial charge in [-0.3, -0.25) is 4.79 Å². The average Bonchev–Trinajstić information content (AvgIpc) is 2.67. The van der Waals surface area contributed by atoms with Crippen molar-refractivity contribution >= 4 is 11.9 Å². The van der Waals surface area contributed by atoms with Gasteiger partial charge in [-0.2, -0.15) is 0 Å². The fourth-order valence-corrected chi connectivity index (χ4v) is 4.85. The zero-order valence-electron chi connectivity index (χ0n) is 16.7. The van der Waals surface area contributed by atoms with E-state index in [2.05, 4.69) is 0 Å². The van der Waals surface area contributed by atoms with E-state index in [-0.39, 0.29) is 42.3 Å². The largest absolute Gasteiger partial charge is 0.504 e. The molecule has 3 aliphatic heterocycles. The van der Waals surface area contributed by atoms with Gasteiger partial charge in [0.25, 0.3) is 0 Å². The highest BCUT2D eigenvalue weighted by atomic mass is 16.5. The van der Waals surface area contributed by atoms with E-state index in [1.807, 2.05) is 19.9 Å². The van der Waals surface area contributed by atoms with Crippen molar-refractivity contribution in [3.63, 3.8) is 0 Å². The van der Waals surface area contributed by atoms with Crippen LogP contribution in [0, 0.1) is 11.8 Å². The van der Waals surface area contributed by atoms with Gasteiger partial charge in [-0.1, -0.05) is 12.1 Å². The summed E-state index contributed by atoms with van der Waals surface area (Å²) in [4.78, 5) is 24.7. The number of carboxylic acids is 1. The first-order chi connectivity index (χ1) is 13.8. The SMILES string of the molecule is CC1(C)Oc2c(O)cccc2[C@@H]2O[C@@H]3CCN(C(=O)COCC(=O)O)C[C@@H]3C[C@H]21. The molecule has 3 aliphatic rings. The summed E-state index contributed by atoms with van der Waals surface area (Å²) in [5.41, 5.74) is 0.367. The van der Waals surface area contributed by atoms with Crippen molar-refractivity contribution < 1.29 is 34.0 Å². The first kappa shape index (κ1) is 20.0. The molecule has 0 aliphatic carbocycles. The number of carbonyl (C=O) groups excluding carboxylic acids is 1. The van der Waals surface area contributed by atoms with E-state index in [1.54, 1.807) is 17.0 Å². The van der Waals surface area contributed by atoms with E-state index in [9.17, 15) is 14.7 Å². The molecule has 29 heavy (non-hydrogen) atoms. The zero-order valence-corrected chi connectivity index (χ0v) is 16.7. The summed E-state index contributed by atoms with van der Waals surface area (Å²) < 4.78 is 17.6. The minimum absolute atomic E-state index is 0.0318. The van der Waals surface area contributed by atoms with Crippen molar-refractivity contribution in [1.29, 1.82) is 0 Å². The first-order valence-corrected chi connectivity index (χ1v) is 10.00. The van der Waals surface area contributed by atoms with Crippen LogP contribution in [0.4, 0.5) is 0 Å². The molecule has 0 saturated carbocycles. The molecule has 8 nitrogen and oxygen atoms in total. The van der Waals surface area contributed by atoms with Crippen LogP contribution < -0.4 is 4.74 Å². The zero-order chi connectivity index (χ0) is 20.8. The van der Waals surface area contributed by atoms with E-state index >= 15 is 0 Å². The number of carboxylic acid groups (broad SMARTS) is 1. The standard InChI is InChI=1S/C21H27NO7/c1-21(2)14-8-12-9-22(17(24)10-27-11-18(25)26)7-6-16(12)28-19(14)13-4-3-5-15(23)20(13)29-21/h3-5,12,14,16,19,23H,6-11H2,1-2H3,(H,25,26)/t12-,14+,16+,19-/m0/s1. The van der Waals surface area contributed by atoms with Crippen molar-refractivity contribution in [2.24, 2.45) is 11.8 Å². The van der Waals surface area contributed by atoms with E-state index in [0.717, 1.165) is 12.0 Å². The molecular weight excluding hydrogens is 378 g/mol. The molecule has 4 rings (SSSR count). The third-order valence-electron chi connectivity index (χ3n) is 6.30. The molecule has 4 atom stereocenters. The molecule has 3 heterocycles. The summed E-state index contributed by atoms with van der Waals surface area (Å²) in [6.45, 7) is 4.44. The van der Waals surface area contributed by atoms with Crippen LogP contribution in [0.1, 0.15) is 38.4 Å². The number of carbonyl (C=O) groups is 2. The third-order valence-corrected chi connectivity index (χ3v) is 6.30. The predicted molar refractivity (Wildman–Crippen MR) is 102 cm³/mol. The Bertz CT molecular complexity index is 808. The van der Waals surface area contributed by atoms with Crippen LogP contribution in [-0.2, 0) is 19.1 Å². The quantitative estimate of drug-likeness (QED) is 0.789. The molecule has 0 radical (unpaired) electrons. The smallest absolute Gasteiger partial charge is 0.329 e. The molecule has 0 unspecified atom stereocenters. The summed E-state index contributed by atoms with van der Waals surface area (Å²) in [7, 11) is 0. The van der Waals surface area contributed by atoms with Gasteiger partial charge < -0.3 is 29.3 Å². The number of benzene rings is 1. The molecule has 2 saturated heterocycles. The van der Waals surface area contributed by atoms with Gasteiger partial charge >= 0.3 is 5.97 Å². The molecule has 158 valence electrons. The lowest BCUT2D eigenvalue weighted by molar-refractivity contribution is -0.189. The Morgan fingerprint density at radius 1 is 1.31 bits per heavy atom. The summed E-state index contributed by atoms with van der Waals surface area (Å²) >= 11 is 0. The maximum Gasteiger partial charge on any atom is 0.329 e. The third kappa shape index (κ3) is 3.79. The summed E-state index contributed by atoms with van der Waals surface area (Å²) in [6.07, 6.45) is 1.44. The molecule has 1 aromatic rings. The van der Waals surface area contributed by atoms with Crippen LogP contribution >= 0.6 is 0 Å². The monoisotopic (exact) mass is 405 g/mol. The van der Waals surface area contributed by atoms with E-state index < -0.39 is 18.2 Å². The van der Waals surface area contributed by atoms with Crippen LogP contribution in [-0.4, -0.2) is 65.0 Å². The Kier molecular flexibility index (Phi) is 5.16. The molecule has 0 bridgehead atoms. The Hall–Kier alpha value is -2.32. The van der Waals surface area contributed by atoms with Crippen molar-refractivity contribution in [3.8, 4) is 11.5 Å². The predicted octanol–water partition coefficient (Wildman–Crippen LogP) is 1.96. The van der Waals surface area contributed by atoms with Gasteiger partial charge in [0.2, 0.25) is 5.91 Å². The molecule has 0 aromatic heterocycles. The maximum absolute atomic E-state index is 12.4. The summed E-state index contributed by atoms with van der Waals surface area (Å²) in [5, 5.41) is 18.9. The fraction of sp³-hybridized carbons (Fsp3) is 0.619. The lowest BCUT2D eigenvalue weighted by atomic mass is 9.70. The Balaban J connectivity index is 1.47. The van der Waals surface area contributed by atoms with Crippen molar-refractivity contribution in [1.82, 2.24) is 4.90 Å². The van der Waals surface area contributed by atoms with Gasteiger partial charge in [0, 0.05) is 30.5 Å². The van der Waals surface area contributed by atoms with Crippen LogP contribution in [0.2, 0.25) is 0 Å². The molecular formula is C21H27NO7. The molecule has 0 spiro atoms. The number of phenols is 1. The number of piperidine rings is 1. The second-order valence-corrected chi connectivity index (χ2v) is 8.61. The van der Waals surface area contributed by atoms with Crippen molar-refractivity contribution in [2.45, 2.75) is 44.5 Å². The van der Waals surface area contributed by atoms with E-state index in [0.29, 0.717) is 25.3 Å². The van der Waals surface area contributed by atoms with Gasteiger partial charge in [0.05, 0.1) is 12.2 Å². The highest BCUT2D eigenvalue weighted by Crippen LogP contribution is 2.54. The number of para-hydroxylation sites is 1. The van der Waals surface area contributed by atoms with Gasteiger partial charge in [0.1, 0.15) is 18.8 Å². The molecule has 2 N–H and O–H groups in total. The second-order valence-electron chi connectivity index (χ2n) is 8.61. The van der Waals surface area contributed by atoms with Gasteiger partial charge in [-0.05, 0) is 32.8 Å². The minimum atomic E-state index is -1.09. The molecule has 1 aromatic carbocycles. The highest BCUT2D eigenvalue weighted by molar-refractivity contribution is 5.78. The van der Waals surface area contributed by atoms with Crippen LogP contribution in [0.25, 0.3) is 0 Å². The molecule has 2 fully saturated rings.